The van der Waals surface area contributed by atoms with E-state index in [1.54, 1.807) is 0 Å². The molecule has 0 amide bonds. The third-order valence-electron chi connectivity index (χ3n) is 0.542. The van der Waals surface area contributed by atoms with Crippen LogP contribution in [0, 0.1) is 0 Å². The third kappa shape index (κ3) is 44.9. The quantitative estimate of drug-likeness (QED) is 0.240. The van der Waals surface area contributed by atoms with Crippen LogP contribution < -0.4 is 51.4 Å². The molecule has 0 fully saturated rings. The Bertz CT molecular complexity index is 197. The van der Waals surface area contributed by atoms with Crippen LogP contribution in [0.4, 0.5) is 0 Å². The van der Waals surface area contributed by atoms with Gasteiger partial charge in [0.05, 0.1) is 11.2 Å². The fourth-order valence-corrected chi connectivity index (χ4v) is 0.250. The molecule has 0 aliphatic rings. The van der Waals surface area contributed by atoms with E-state index in [9.17, 15) is 0 Å². The van der Waals surface area contributed by atoms with E-state index in [-0.39, 0.29) is 64.0 Å². The van der Waals surface area contributed by atoms with Gasteiger partial charge in [0.15, 0.2) is 0 Å². The van der Waals surface area contributed by atoms with Gasteiger partial charge in [-0.3, -0.25) is 0 Å². The smallest absolute Gasteiger partial charge is 1.00 e. The van der Waals surface area contributed by atoms with Gasteiger partial charge in [0.2, 0.25) is 0 Å². The maximum absolute atomic E-state index is 8.88. The van der Waals surface area contributed by atoms with E-state index in [0.717, 1.165) is 0 Å². The van der Waals surface area contributed by atoms with E-state index in [0.29, 0.717) is 0 Å². The second-order valence-corrected chi connectivity index (χ2v) is 5.93. The van der Waals surface area contributed by atoms with Gasteiger partial charge in [-0.15, -0.1) is 0 Å². The first kappa shape index (κ1) is 22.8. The summed E-state index contributed by atoms with van der Waals surface area (Å²) in [6.07, 6.45) is 0. The van der Waals surface area contributed by atoms with E-state index < -0.39 is 7.82 Å². The standard InChI is InChI=1S/C8H18O2.K.H3O4P.H/c1-7(2,3)9-10-8(4,5)6;;1-5(2,3)4;/h1-6H3;;(H3,1,2,3,4);/q;+1;;-1. The van der Waals surface area contributed by atoms with Crippen LogP contribution in [0.3, 0.4) is 0 Å². The van der Waals surface area contributed by atoms with Crippen LogP contribution >= 0.6 is 7.82 Å². The monoisotopic (exact) mass is 284 g/mol. The maximum Gasteiger partial charge on any atom is 1.00 e. The molecule has 0 aromatic carbocycles. The topological polar surface area (TPSA) is 96.2 Å². The summed E-state index contributed by atoms with van der Waals surface area (Å²) in [6.45, 7) is 11.7. The van der Waals surface area contributed by atoms with Crippen molar-refractivity contribution < 1.29 is 81.8 Å². The second-order valence-electron chi connectivity index (χ2n) is 4.90. The molecule has 0 saturated heterocycles. The van der Waals surface area contributed by atoms with Gasteiger partial charge in [-0.25, -0.2) is 14.3 Å². The van der Waals surface area contributed by atoms with Crippen LogP contribution in [0.15, 0.2) is 0 Å². The zero-order valence-corrected chi connectivity index (χ0v) is 15.0. The van der Waals surface area contributed by atoms with Crippen LogP contribution in [0.5, 0.6) is 0 Å². The van der Waals surface area contributed by atoms with Gasteiger partial charge in [-0.2, -0.15) is 0 Å². The molecule has 0 rings (SSSR count). The minimum atomic E-state index is -4.64. The van der Waals surface area contributed by atoms with Crippen molar-refractivity contribution in [2.75, 3.05) is 0 Å². The first-order chi connectivity index (χ1) is 6.21. The summed E-state index contributed by atoms with van der Waals surface area (Å²) in [5, 5.41) is 0. The second kappa shape index (κ2) is 8.71. The average molecular weight is 284 g/mol. The predicted octanol–water partition coefficient (Wildman–Crippen LogP) is -1.28. The van der Waals surface area contributed by atoms with Crippen molar-refractivity contribution in [1.29, 1.82) is 0 Å². The van der Waals surface area contributed by atoms with Crippen molar-refractivity contribution in [3.63, 3.8) is 0 Å². The zero-order chi connectivity index (χ0) is 12.9. The molecule has 0 atom stereocenters. The SMILES string of the molecule is CC(C)(C)OOC(C)(C)C.O=P(O)(O)O.[H-].[K+]. The number of hydrogen-bond acceptors (Lipinski definition) is 3. The molecule has 0 radical (unpaired) electrons. The van der Waals surface area contributed by atoms with Gasteiger partial charge >= 0.3 is 59.2 Å². The van der Waals surface area contributed by atoms with E-state index >= 15 is 0 Å². The molecule has 0 aromatic heterocycles. The van der Waals surface area contributed by atoms with Crippen molar-refractivity contribution >= 4 is 7.82 Å². The number of phosphoric acid groups is 1. The Morgan fingerprint density at radius 3 is 1.06 bits per heavy atom. The minimum Gasteiger partial charge on any atom is -1.00 e. The Balaban J connectivity index is -0.000000105. The van der Waals surface area contributed by atoms with Gasteiger partial charge < -0.3 is 16.1 Å². The molecular formula is C8H22KO6P. The molecule has 0 saturated carbocycles. The average Bonchev–Trinajstić information content (AvgIpc) is 1.76. The van der Waals surface area contributed by atoms with Crippen LogP contribution in [-0.4, -0.2) is 25.9 Å². The summed E-state index contributed by atoms with van der Waals surface area (Å²) >= 11 is 0. The molecule has 0 aliphatic carbocycles. The maximum atomic E-state index is 8.88. The van der Waals surface area contributed by atoms with Crippen LogP contribution in [-0.2, 0) is 14.3 Å². The van der Waals surface area contributed by atoms with Gasteiger partial charge in [0, 0.05) is 0 Å². The van der Waals surface area contributed by atoms with Crippen molar-refractivity contribution in [2.24, 2.45) is 0 Å². The first-order valence-electron chi connectivity index (χ1n) is 4.36. The number of hydrogen-bond donors (Lipinski definition) is 3. The molecule has 0 unspecified atom stereocenters. The summed E-state index contributed by atoms with van der Waals surface area (Å²) in [5.41, 5.74) is -0.430. The van der Waals surface area contributed by atoms with Crippen LogP contribution in [0.2, 0.25) is 0 Å². The normalized spacial score (nSPS) is 12.3. The fraction of sp³-hybridized carbons (Fsp3) is 1.00. The molecule has 3 N–H and O–H groups in total. The van der Waals surface area contributed by atoms with Crippen molar-refractivity contribution in [3.8, 4) is 0 Å². The molecular weight excluding hydrogens is 262 g/mol. The molecule has 16 heavy (non-hydrogen) atoms. The van der Waals surface area contributed by atoms with E-state index in [4.69, 9.17) is 29.0 Å². The van der Waals surface area contributed by atoms with E-state index in [1.807, 2.05) is 41.5 Å². The first-order valence-corrected chi connectivity index (χ1v) is 5.92. The Labute approximate surface area is 141 Å². The molecule has 6 nitrogen and oxygen atoms in total. The summed E-state index contributed by atoms with van der Waals surface area (Å²) < 4.78 is 8.88. The fourth-order valence-electron chi connectivity index (χ4n) is 0.250. The number of rotatable bonds is 1. The van der Waals surface area contributed by atoms with E-state index in [1.165, 1.54) is 0 Å². The molecule has 0 heterocycles. The molecule has 8 heteroatoms. The van der Waals surface area contributed by atoms with Crippen molar-refractivity contribution in [3.05, 3.63) is 0 Å². The molecule has 0 aromatic rings. The van der Waals surface area contributed by atoms with Gasteiger partial charge in [0.1, 0.15) is 0 Å². The van der Waals surface area contributed by atoms with E-state index in [2.05, 4.69) is 0 Å². The predicted molar refractivity (Wildman–Crippen MR) is 57.1 cm³/mol. The Morgan fingerprint density at radius 1 is 0.875 bits per heavy atom. The largest absolute Gasteiger partial charge is 1.00 e. The van der Waals surface area contributed by atoms with Crippen molar-refractivity contribution in [1.82, 2.24) is 0 Å². The Kier molecular flexibility index (Phi) is 12.4. The van der Waals surface area contributed by atoms with Gasteiger partial charge in [0.25, 0.3) is 0 Å². The molecule has 96 valence electrons. The zero-order valence-electron chi connectivity index (χ0n) is 12.0. The summed E-state index contributed by atoms with van der Waals surface area (Å²) in [5.74, 6) is 0. The molecule has 0 bridgehead atoms. The summed E-state index contributed by atoms with van der Waals surface area (Å²) in [6, 6.07) is 0. The van der Waals surface area contributed by atoms with Gasteiger partial charge in [-0.05, 0) is 41.5 Å². The van der Waals surface area contributed by atoms with Crippen LogP contribution in [0.25, 0.3) is 0 Å². The summed E-state index contributed by atoms with van der Waals surface area (Å²) in [4.78, 5) is 31.8. The Hall–Kier alpha value is 1.67. The summed E-state index contributed by atoms with van der Waals surface area (Å²) in [7, 11) is -4.64. The minimum absolute atomic E-state index is 0. The third-order valence-corrected chi connectivity index (χ3v) is 0.542. The Morgan fingerprint density at radius 2 is 1.00 bits per heavy atom. The molecule has 0 spiro atoms. The van der Waals surface area contributed by atoms with Crippen molar-refractivity contribution in [2.45, 2.75) is 52.7 Å². The molecule has 0 aliphatic heterocycles. The van der Waals surface area contributed by atoms with Gasteiger partial charge in [-0.1, -0.05) is 0 Å². The van der Waals surface area contributed by atoms with Crippen LogP contribution in [0.1, 0.15) is 43.0 Å².